The summed E-state index contributed by atoms with van der Waals surface area (Å²) in [6.45, 7) is 3.93. The van der Waals surface area contributed by atoms with Crippen molar-refractivity contribution in [1.29, 1.82) is 0 Å². The molecule has 1 aromatic rings. The van der Waals surface area contributed by atoms with E-state index in [0.29, 0.717) is 12.3 Å². The maximum Gasteiger partial charge on any atom is 0.223 e. The quantitative estimate of drug-likeness (QED) is 0.908. The summed E-state index contributed by atoms with van der Waals surface area (Å²) >= 11 is 6.16. The number of nitrogens with zero attached hydrogens (tertiary/aromatic N) is 1. The molecule has 1 heterocycles. The molecule has 98 valence electrons. The summed E-state index contributed by atoms with van der Waals surface area (Å²) in [4.78, 5) is 13.9. The van der Waals surface area contributed by atoms with Crippen molar-refractivity contribution in [3.05, 3.63) is 34.9 Å². The second-order valence-electron chi connectivity index (χ2n) is 4.93. The van der Waals surface area contributed by atoms with Crippen LogP contribution in [0.3, 0.4) is 0 Å². The highest BCUT2D eigenvalue weighted by Crippen LogP contribution is 2.27. The van der Waals surface area contributed by atoms with Gasteiger partial charge in [0.2, 0.25) is 5.91 Å². The third kappa shape index (κ3) is 2.85. The molecule has 1 amide bonds. The fourth-order valence-electron chi connectivity index (χ4n) is 2.12. The highest BCUT2D eigenvalue weighted by atomic mass is 35.5. The Labute approximate surface area is 113 Å². The minimum Gasteiger partial charge on any atom is -0.339 e. The molecule has 1 aliphatic rings. The number of amides is 1. The Morgan fingerprint density at radius 3 is 2.72 bits per heavy atom. The molecule has 1 fully saturated rings. The van der Waals surface area contributed by atoms with Crippen molar-refractivity contribution in [3.63, 3.8) is 0 Å². The summed E-state index contributed by atoms with van der Waals surface area (Å²) in [7, 11) is 1.85. The number of carbonyl (C=O) groups is 1. The smallest absolute Gasteiger partial charge is 0.223 e. The van der Waals surface area contributed by atoms with Gasteiger partial charge in [-0.3, -0.25) is 4.79 Å². The van der Waals surface area contributed by atoms with Gasteiger partial charge in [-0.05, 0) is 37.6 Å². The van der Waals surface area contributed by atoms with Crippen LogP contribution in [0.5, 0.6) is 0 Å². The van der Waals surface area contributed by atoms with Crippen LogP contribution in [0, 0.1) is 5.92 Å². The third-order valence-electron chi connectivity index (χ3n) is 3.66. The number of hydrogen-bond acceptors (Lipinski definition) is 2. The Morgan fingerprint density at radius 1 is 1.50 bits per heavy atom. The summed E-state index contributed by atoms with van der Waals surface area (Å²) in [5.74, 6) is 0.687. The van der Waals surface area contributed by atoms with E-state index in [-0.39, 0.29) is 11.9 Å². The van der Waals surface area contributed by atoms with Gasteiger partial charge in [-0.15, -0.1) is 0 Å². The molecule has 3 nitrogen and oxygen atoms in total. The minimum absolute atomic E-state index is 0.0132. The Morgan fingerprint density at radius 2 is 2.17 bits per heavy atom. The van der Waals surface area contributed by atoms with Crippen LogP contribution in [-0.4, -0.2) is 30.9 Å². The van der Waals surface area contributed by atoms with Crippen molar-refractivity contribution in [2.75, 3.05) is 20.1 Å². The van der Waals surface area contributed by atoms with Gasteiger partial charge < -0.3 is 10.2 Å². The third-order valence-corrected chi connectivity index (χ3v) is 4.00. The van der Waals surface area contributed by atoms with E-state index in [1.807, 2.05) is 38.2 Å². The van der Waals surface area contributed by atoms with Gasteiger partial charge in [0.15, 0.2) is 0 Å². The molecule has 0 aromatic heterocycles. The zero-order chi connectivity index (χ0) is 13.1. The lowest BCUT2D eigenvalue weighted by Crippen LogP contribution is -2.45. The number of carbonyl (C=O) groups excluding carboxylic acids is 1. The van der Waals surface area contributed by atoms with Crippen molar-refractivity contribution in [2.45, 2.75) is 19.4 Å². The van der Waals surface area contributed by atoms with Crippen LogP contribution in [-0.2, 0) is 4.79 Å². The first kappa shape index (κ1) is 13.4. The van der Waals surface area contributed by atoms with Crippen molar-refractivity contribution in [3.8, 4) is 0 Å². The molecule has 4 heteroatoms. The largest absolute Gasteiger partial charge is 0.339 e. The molecule has 1 saturated heterocycles. The van der Waals surface area contributed by atoms with E-state index < -0.39 is 0 Å². The monoisotopic (exact) mass is 266 g/mol. The van der Waals surface area contributed by atoms with Crippen molar-refractivity contribution >= 4 is 17.5 Å². The average Bonchev–Trinajstić information content (AvgIpc) is 2.32. The molecule has 1 atom stereocenters. The van der Waals surface area contributed by atoms with Gasteiger partial charge in [-0.2, -0.15) is 0 Å². The zero-order valence-electron chi connectivity index (χ0n) is 10.8. The van der Waals surface area contributed by atoms with Crippen LogP contribution in [0.4, 0.5) is 0 Å². The van der Waals surface area contributed by atoms with Crippen LogP contribution in [0.25, 0.3) is 0 Å². The molecule has 0 spiro atoms. The van der Waals surface area contributed by atoms with Gasteiger partial charge in [0.1, 0.15) is 0 Å². The molecular weight excluding hydrogens is 248 g/mol. The predicted molar refractivity (Wildman–Crippen MR) is 73.6 cm³/mol. The second-order valence-corrected chi connectivity index (χ2v) is 5.34. The fourth-order valence-corrected chi connectivity index (χ4v) is 2.42. The van der Waals surface area contributed by atoms with Crippen molar-refractivity contribution in [2.24, 2.45) is 5.92 Å². The molecule has 0 bridgehead atoms. The van der Waals surface area contributed by atoms with Crippen molar-refractivity contribution < 1.29 is 4.79 Å². The van der Waals surface area contributed by atoms with E-state index in [4.69, 9.17) is 11.6 Å². The molecule has 18 heavy (non-hydrogen) atoms. The van der Waals surface area contributed by atoms with Crippen LogP contribution < -0.4 is 5.32 Å². The van der Waals surface area contributed by atoms with Gasteiger partial charge in [-0.1, -0.05) is 29.8 Å². The van der Waals surface area contributed by atoms with Crippen LogP contribution >= 0.6 is 11.6 Å². The van der Waals surface area contributed by atoms with Gasteiger partial charge in [-0.25, -0.2) is 0 Å². The van der Waals surface area contributed by atoms with E-state index >= 15 is 0 Å². The van der Waals surface area contributed by atoms with Gasteiger partial charge in [0.05, 0.1) is 6.04 Å². The fraction of sp³-hybridized carbons (Fsp3) is 0.500. The van der Waals surface area contributed by atoms with Gasteiger partial charge in [0, 0.05) is 18.5 Å². The number of rotatable bonds is 4. The highest BCUT2D eigenvalue weighted by molar-refractivity contribution is 6.31. The molecule has 2 rings (SSSR count). The normalized spacial score (nSPS) is 17.1. The maximum atomic E-state index is 12.1. The molecule has 0 aliphatic carbocycles. The number of benzene rings is 1. The topological polar surface area (TPSA) is 32.3 Å². The number of hydrogen-bond donors (Lipinski definition) is 1. The van der Waals surface area contributed by atoms with Gasteiger partial charge >= 0.3 is 0 Å². The van der Waals surface area contributed by atoms with E-state index in [1.165, 1.54) is 0 Å². The minimum atomic E-state index is 0.0132. The lowest BCUT2D eigenvalue weighted by molar-refractivity contribution is -0.133. The number of nitrogens with one attached hydrogen (secondary N) is 1. The Hall–Kier alpha value is -1.06. The lowest BCUT2D eigenvalue weighted by atomic mass is 9.98. The van der Waals surface area contributed by atoms with E-state index in [2.05, 4.69) is 5.32 Å². The van der Waals surface area contributed by atoms with Crippen molar-refractivity contribution in [1.82, 2.24) is 10.2 Å². The van der Waals surface area contributed by atoms with Crippen LogP contribution in [0.15, 0.2) is 24.3 Å². The Balaban J connectivity index is 2.01. The molecule has 1 aliphatic heterocycles. The van der Waals surface area contributed by atoms with E-state index in [1.54, 1.807) is 4.90 Å². The number of halogens is 1. The first-order chi connectivity index (χ1) is 8.59. The van der Waals surface area contributed by atoms with Crippen LogP contribution in [0.1, 0.15) is 24.9 Å². The Bertz CT molecular complexity index is 432. The maximum absolute atomic E-state index is 12.1. The highest BCUT2D eigenvalue weighted by Gasteiger charge is 2.25. The van der Waals surface area contributed by atoms with E-state index in [0.717, 1.165) is 23.7 Å². The summed E-state index contributed by atoms with van der Waals surface area (Å²) in [5, 5.41) is 3.90. The summed E-state index contributed by atoms with van der Waals surface area (Å²) < 4.78 is 0. The first-order valence-electron chi connectivity index (χ1n) is 6.30. The SMILES string of the molecule is CC(c1ccccc1Cl)N(C)C(=O)CC1CNC1. The zero-order valence-corrected chi connectivity index (χ0v) is 11.6. The molecule has 1 aromatic carbocycles. The van der Waals surface area contributed by atoms with Gasteiger partial charge in [0.25, 0.3) is 0 Å². The first-order valence-corrected chi connectivity index (χ1v) is 6.68. The standard InChI is InChI=1S/C14H19ClN2O/c1-10(12-5-3-4-6-13(12)15)17(2)14(18)7-11-8-16-9-11/h3-6,10-11,16H,7-9H2,1-2H3. The lowest BCUT2D eigenvalue weighted by Gasteiger charge is -2.31. The van der Waals surface area contributed by atoms with E-state index in [9.17, 15) is 4.79 Å². The predicted octanol–water partition coefficient (Wildman–Crippen LogP) is 2.47. The average molecular weight is 267 g/mol. The summed E-state index contributed by atoms with van der Waals surface area (Å²) in [5.41, 5.74) is 1.00. The molecule has 1 unspecified atom stereocenters. The summed E-state index contributed by atoms with van der Waals surface area (Å²) in [6, 6.07) is 7.70. The molecular formula is C14H19ClN2O. The summed E-state index contributed by atoms with van der Waals surface area (Å²) in [6.07, 6.45) is 0.623. The molecule has 0 saturated carbocycles. The second kappa shape index (κ2) is 5.72. The molecule has 0 radical (unpaired) electrons. The molecule has 1 N–H and O–H groups in total. The Kier molecular flexibility index (Phi) is 4.25. The van der Waals surface area contributed by atoms with Crippen LogP contribution in [0.2, 0.25) is 5.02 Å².